The molecule has 3 aromatic heterocycles. The topological polar surface area (TPSA) is 72.7 Å². The molecule has 3 aromatic carbocycles. The smallest absolute Gasteiger partial charge is 0.263 e. The zero-order valence-corrected chi connectivity index (χ0v) is 20.8. The van der Waals surface area contributed by atoms with Crippen molar-refractivity contribution in [2.75, 3.05) is 5.32 Å². The van der Waals surface area contributed by atoms with E-state index in [1.54, 1.807) is 10.8 Å². The maximum atomic E-state index is 14.2. The lowest BCUT2D eigenvalue weighted by atomic mass is 10.0. The Labute approximate surface area is 220 Å². The van der Waals surface area contributed by atoms with E-state index < -0.39 is 0 Å². The predicted molar refractivity (Wildman–Crippen MR) is 154 cm³/mol. The SMILES string of the molecule is C[C@H](Nc1ncnc2cccnc12)c1cc2cccc(C=Cc3ccccc3)c2c(=O)n1-c1ccccc1. The first kappa shape index (κ1) is 23.3. The molecule has 0 fully saturated rings. The largest absolute Gasteiger partial charge is 0.360 e. The molecule has 184 valence electrons. The fourth-order valence-corrected chi connectivity index (χ4v) is 4.74. The first-order valence-electron chi connectivity index (χ1n) is 12.5. The minimum Gasteiger partial charge on any atom is -0.360 e. The van der Waals surface area contributed by atoms with Crippen molar-refractivity contribution < 1.29 is 0 Å². The van der Waals surface area contributed by atoms with Crippen molar-refractivity contribution in [1.82, 2.24) is 19.5 Å². The van der Waals surface area contributed by atoms with Crippen LogP contribution >= 0.6 is 0 Å². The number of rotatable bonds is 6. The molecule has 6 nitrogen and oxygen atoms in total. The molecule has 0 saturated heterocycles. The second kappa shape index (κ2) is 10.1. The van der Waals surface area contributed by atoms with Crippen LogP contribution in [0.4, 0.5) is 5.82 Å². The van der Waals surface area contributed by atoms with Gasteiger partial charge in [-0.25, -0.2) is 9.97 Å². The van der Waals surface area contributed by atoms with Gasteiger partial charge in [0.2, 0.25) is 0 Å². The monoisotopic (exact) mass is 495 g/mol. The van der Waals surface area contributed by atoms with Crippen LogP contribution in [-0.4, -0.2) is 19.5 Å². The number of nitrogens with one attached hydrogen (secondary N) is 1. The molecule has 0 aliphatic rings. The Bertz CT molecular complexity index is 1820. The Morgan fingerprint density at radius 2 is 1.61 bits per heavy atom. The average molecular weight is 496 g/mol. The summed E-state index contributed by atoms with van der Waals surface area (Å²) in [5, 5.41) is 5.03. The quantitative estimate of drug-likeness (QED) is 0.261. The third-order valence-corrected chi connectivity index (χ3v) is 6.57. The molecule has 6 heteroatoms. The highest BCUT2D eigenvalue weighted by molar-refractivity contribution is 5.93. The van der Waals surface area contributed by atoms with Gasteiger partial charge in [-0.2, -0.15) is 0 Å². The van der Waals surface area contributed by atoms with Crippen molar-refractivity contribution in [2.45, 2.75) is 13.0 Å². The molecule has 0 amide bonds. The molecule has 1 N–H and O–H groups in total. The van der Waals surface area contributed by atoms with E-state index in [1.165, 1.54) is 6.33 Å². The Morgan fingerprint density at radius 3 is 2.42 bits per heavy atom. The van der Waals surface area contributed by atoms with Crippen molar-refractivity contribution >= 4 is 39.8 Å². The zero-order chi connectivity index (χ0) is 25.9. The zero-order valence-electron chi connectivity index (χ0n) is 20.8. The van der Waals surface area contributed by atoms with E-state index in [9.17, 15) is 4.79 Å². The Hall–Kier alpha value is -5.10. The van der Waals surface area contributed by atoms with Crippen LogP contribution in [0.5, 0.6) is 0 Å². The van der Waals surface area contributed by atoms with Gasteiger partial charge in [0, 0.05) is 17.6 Å². The van der Waals surface area contributed by atoms with Crippen molar-refractivity contribution in [3.05, 3.63) is 137 Å². The van der Waals surface area contributed by atoms with Crippen LogP contribution in [0.3, 0.4) is 0 Å². The Kier molecular flexibility index (Phi) is 6.20. The number of aromatic nitrogens is 4. The minimum atomic E-state index is -0.254. The summed E-state index contributed by atoms with van der Waals surface area (Å²) >= 11 is 0. The van der Waals surface area contributed by atoms with Gasteiger partial charge < -0.3 is 5.32 Å². The van der Waals surface area contributed by atoms with Gasteiger partial charge in [-0.3, -0.25) is 14.3 Å². The highest BCUT2D eigenvalue weighted by Crippen LogP contribution is 2.27. The van der Waals surface area contributed by atoms with Gasteiger partial charge in [-0.1, -0.05) is 78.9 Å². The van der Waals surface area contributed by atoms with Crippen molar-refractivity contribution in [2.24, 2.45) is 0 Å². The Balaban J connectivity index is 1.51. The lowest BCUT2D eigenvalue weighted by Gasteiger charge is -2.22. The Morgan fingerprint density at radius 1 is 0.816 bits per heavy atom. The fraction of sp³-hybridized carbons (Fsp3) is 0.0625. The maximum Gasteiger partial charge on any atom is 0.263 e. The van der Waals surface area contributed by atoms with Gasteiger partial charge >= 0.3 is 0 Å². The van der Waals surface area contributed by atoms with Crippen molar-refractivity contribution in [3.63, 3.8) is 0 Å². The molecule has 6 rings (SSSR count). The first-order valence-corrected chi connectivity index (χ1v) is 12.5. The molecule has 1 atom stereocenters. The molecule has 0 spiro atoms. The first-order chi connectivity index (χ1) is 18.7. The number of para-hydroxylation sites is 1. The summed E-state index contributed by atoms with van der Waals surface area (Å²) in [7, 11) is 0. The molecule has 6 aromatic rings. The highest BCUT2D eigenvalue weighted by Gasteiger charge is 2.19. The summed E-state index contributed by atoms with van der Waals surface area (Å²) in [6, 6.07) is 31.4. The summed E-state index contributed by atoms with van der Waals surface area (Å²) in [5.41, 5.74) is 4.94. The van der Waals surface area contributed by atoms with E-state index in [0.717, 1.165) is 33.4 Å². The standard InChI is InChI=1S/C32H25N5O/c1-22(36-31-30-27(34-21-35-31)16-9-19-33-30)28-20-25-13-8-12-24(18-17-23-10-4-2-5-11-23)29(25)32(38)37(28)26-14-6-3-7-15-26/h2-22H,1H3,(H,34,35,36)/t22-/m0/s1. The van der Waals surface area contributed by atoms with E-state index in [4.69, 9.17) is 0 Å². The van der Waals surface area contributed by atoms with Crippen LogP contribution in [0.25, 0.3) is 39.6 Å². The lowest BCUT2D eigenvalue weighted by molar-refractivity contribution is 0.774. The molecule has 0 bridgehead atoms. The molecular formula is C32H25N5O. The number of benzene rings is 3. The van der Waals surface area contributed by atoms with E-state index in [0.29, 0.717) is 16.7 Å². The van der Waals surface area contributed by atoms with Crippen LogP contribution < -0.4 is 10.9 Å². The lowest BCUT2D eigenvalue weighted by Crippen LogP contribution is -2.26. The summed E-state index contributed by atoms with van der Waals surface area (Å²) in [6.45, 7) is 2.02. The van der Waals surface area contributed by atoms with E-state index in [2.05, 4.69) is 26.3 Å². The second-order valence-corrected chi connectivity index (χ2v) is 9.06. The van der Waals surface area contributed by atoms with Crippen LogP contribution in [0, 0.1) is 0 Å². The molecular weight excluding hydrogens is 470 g/mol. The van der Waals surface area contributed by atoms with Gasteiger partial charge in [0.15, 0.2) is 5.82 Å². The molecule has 38 heavy (non-hydrogen) atoms. The molecule has 0 radical (unpaired) electrons. The molecule has 0 unspecified atom stereocenters. The highest BCUT2D eigenvalue weighted by atomic mass is 16.1. The van der Waals surface area contributed by atoms with Crippen LogP contribution in [0.1, 0.15) is 29.8 Å². The molecule has 0 aliphatic heterocycles. The van der Waals surface area contributed by atoms with Crippen LogP contribution in [0.2, 0.25) is 0 Å². The maximum absolute atomic E-state index is 14.2. The summed E-state index contributed by atoms with van der Waals surface area (Å²) in [5.74, 6) is 0.620. The van der Waals surface area contributed by atoms with Crippen LogP contribution in [-0.2, 0) is 0 Å². The molecule has 0 aliphatic carbocycles. The number of fused-ring (bicyclic) bond motifs is 2. The fourth-order valence-electron chi connectivity index (χ4n) is 4.74. The van der Waals surface area contributed by atoms with Crippen molar-refractivity contribution in [1.29, 1.82) is 0 Å². The van der Waals surface area contributed by atoms with Gasteiger partial charge in [-0.15, -0.1) is 0 Å². The normalized spacial score (nSPS) is 12.2. The van der Waals surface area contributed by atoms with E-state index in [-0.39, 0.29) is 11.6 Å². The average Bonchev–Trinajstić information content (AvgIpc) is 2.97. The summed E-state index contributed by atoms with van der Waals surface area (Å²) < 4.78 is 1.79. The number of pyridine rings is 2. The van der Waals surface area contributed by atoms with Gasteiger partial charge in [-0.05, 0) is 53.8 Å². The van der Waals surface area contributed by atoms with Gasteiger partial charge in [0.05, 0.1) is 16.9 Å². The predicted octanol–water partition coefficient (Wildman–Crippen LogP) is 6.67. The van der Waals surface area contributed by atoms with E-state index in [1.807, 2.05) is 110 Å². The summed E-state index contributed by atoms with van der Waals surface area (Å²) in [6.07, 6.45) is 7.29. The second-order valence-electron chi connectivity index (χ2n) is 9.06. The van der Waals surface area contributed by atoms with Crippen LogP contribution in [0.15, 0.2) is 114 Å². The third-order valence-electron chi connectivity index (χ3n) is 6.57. The van der Waals surface area contributed by atoms with Crippen molar-refractivity contribution in [3.8, 4) is 5.69 Å². The summed E-state index contributed by atoms with van der Waals surface area (Å²) in [4.78, 5) is 27.4. The van der Waals surface area contributed by atoms with Gasteiger partial charge in [0.1, 0.15) is 11.8 Å². The minimum absolute atomic E-state index is 0.0728. The number of anilines is 1. The van der Waals surface area contributed by atoms with Gasteiger partial charge in [0.25, 0.3) is 5.56 Å². The number of hydrogen-bond acceptors (Lipinski definition) is 5. The molecule has 0 saturated carbocycles. The number of hydrogen-bond donors (Lipinski definition) is 1. The van der Waals surface area contributed by atoms with E-state index >= 15 is 0 Å². The molecule has 3 heterocycles. The third kappa shape index (κ3) is 4.44. The number of nitrogens with zero attached hydrogens (tertiary/aromatic N) is 4.